The van der Waals surface area contributed by atoms with E-state index >= 15 is 0 Å². The Balaban J connectivity index is 1.59. The topological polar surface area (TPSA) is 69.0 Å². The van der Waals surface area contributed by atoms with E-state index in [1.165, 1.54) is 5.56 Å². The highest BCUT2D eigenvalue weighted by atomic mass is 79.9. The molecule has 0 bridgehead atoms. The number of anilines is 1. The molecule has 0 saturated heterocycles. The van der Waals surface area contributed by atoms with Crippen molar-refractivity contribution in [1.29, 1.82) is 0 Å². The number of aryl methyl sites for hydroxylation is 1. The second kappa shape index (κ2) is 8.51. The number of ether oxygens (including phenoxy) is 1. The largest absolute Gasteiger partial charge is 0.466 e. The van der Waals surface area contributed by atoms with Crippen LogP contribution in [0, 0.1) is 6.92 Å². The lowest BCUT2D eigenvalue weighted by Crippen LogP contribution is -2.11. The van der Waals surface area contributed by atoms with Gasteiger partial charge in [-0.1, -0.05) is 45.8 Å². The van der Waals surface area contributed by atoms with Gasteiger partial charge in [-0.2, -0.15) is 4.98 Å². The summed E-state index contributed by atoms with van der Waals surface area (Å²) in [5, 5.41) is 7.34. The first kappa shape index (κ1) is 19.8. The molecule has 1 aromatic heterocycles. The molecule has 0 aliphatic heterocycles. The van der Waals surface area contributed by atoms with Crippen LogP contribution in [-0.2, 0) is 0 Å². The van der Waals surface area contributed by atoms with E-state index < -0.39 is 0 Å². The van der Waals surface area contributed by atoms with Crippen molar-refractivity contribution in [3.63, 3.8) is 0 Å². The number of rotatable bonds is 5. The Labute approximate surface area is 182 Å². The molecule has 6 nitrogen and oxygen atoms in total. The SMILES string of the molecule is COc1nc(-c2ccc(C)cc2)n(-c2ccc(NC(=O)c3ccc(Br)cc3)cc2)n1. The zero-order chi connectivity index (χ0) is 21.1. The monoisotopic (exact) mass is 462 g/mol. The number of carbonyl (C=O) groups is 1. The first-order chi connectivity index (χ1) is 14.5. The number of benzene rings is 3. The number of hydrogen-bond donors (Lipinski definition) is 1. The molecule has 150 valence electrons. The lowest BCUT2D eigenvalue weighted by Gasteiger charge is -2.09. The molecule has 3 aromatic carbocycles. The number of methoxy groups -OCH3 is 1. The van der Waals surface area contributed by atoms with Gasteiger partial charge in [0.05, 0.1) is 12.8 Å². The van der Waals surface area contributed by atoms with Crippen LogP contribution in [0.4, 0.5) is 5.69 Å². The fourth-order valence-corrected chi connectivity index (χ4v) is 3.20. The van der Waals surface area contributed by atoms with Crippen molar-refractivity contribution in [3.05, 3.63) is 88.4 Å². The smallest absolute Gasteiger partial charge is 0.336 e. The van der Waals surface area contributed by atoms with Crippen molar-refractivity contribution in [1.82, 2.24) is 14.8 Å². The predicted octanol–water partition coefficient (Wildman–Crippen LogP) is 5.27. The first-order valence-electron chi connectivity index (χ1n) is 9.29. The van der Waals surface area contributed by atoms with Gasteiger partial charge in [0.25, 0.3) is 5.91 Å². The molecule has 1 N–H and O–H groups in total. The summed E-state index contributed by atoms with van der Waals surface area (Å²) in [5.41, 5.74) is 4.19. The normalized spacial score (nSPS) is 10.6. The van der Waals surface area contributed by atoms with Gasteiger partial charge in [-0.3, -0.25) is 4.79 Å². The van der Waals surface area contributed by atoms with Crippen molar-refractivity contribution >= 4 is 27.5 Å². The average molecular weight is 463 g/mol. The highest BCUT2D eigenvalue weighted by Crippen LogP contribution is 2.25. The van der Waals surface area contributed by atoms with Gasteiger partial charge in [0.2, 0.25) is 0 Å². The first-order valence-corrected chi connectivity index (χ1v) is 10.1. The number of nitrogens with zero attached hydrogens (tertiary/aromatic N) is 3. The lowest BCUT2D eigenvalue weighted by atomic mass is 10.1. The quantitative estimate of drug-likeness (QED) is 0.438. The van der Waals surface area contributed by atoms with Crippen LogP contribution in [0.2, 0.25) is 0 Å². The molecule has 30 heavy (non-hydrogen) atoms. The van der Waals surface area contributed by atoms with Crippen LogP contribution in [-0.4, -0.2) is 27.8 Å². The fourth-order valence-electron chi connectivity index (χ4n) is 2.94. The minimum atomic E-state index is -0.169. The highest BCUT2D eigenvalue weighted by Gasteiger charge is 2.14. The zero-order valence-electron chi connectivity index (χ0n) is 16.5. The van der Waals surface area contributed by atoms with E-state index in [1.54, 1.807) is 23.9 Å². The van der Waals surface area contributed by atoms with Gasteiger partial charge in [0, 0.05) is 21.3 Å². The number of aromatic nitrogens is 3. The Morgan fingerprint density at radius 1 is 0.967 bits per heavy atom. The third-order valence-corrected chi connectivity index (χ3v) is 5.08. The molecule has 0 aliphatic carbocycles. The Hall–Kier alpha value is -3.45. The number of hydrogen-bond acceptors (Lipinski definition) is 4. The van der Waals surface area contributed by atoms with Crippen LogP contribution >= 0.6 is 15.9 Å². The van der Waals surface area contributed by atoms with Crippen molar-refractivity contribution in [2.24, 2.45) is 0 Å². The van der Waals surface area contributed by atoms with Crippen molar-refractivity contribution in [3.8, 4) is 23.1 Å². The Morgan fingerprint density at radius 2 is 1.63 bits per heavy atom. The van der Waals surface area contributed by atoms with Crippen molar-refractivity contribution < 1.29 is 9.53 Å². The molecule has 4 rings (SSSR count). The molecule has 0 spiro atoms. The summed E-state index contributed by atoms with van der Waals surface area (Å²) in [5.74, 6) is 0.511. The van der Waals surface area contributed by atoms with Crippen LogP contribution in [0.15, 0.2) is 77.3 Å². The van der Waals surface area contributed by atoms with Gasteiger partial charge >= 0.3 is 6.01 Å². The minimum Gasteiger partial charge on any atom is -0.466 e. The zero-order valence-corrected chi connectivity index (χ0v) is 18.1. The van der Waals surface area contributed by atoms with Gasteiger partial charge < -0.3 is 10.1 Å². The summed E-state index contributed by atoms with van der Waals surface area (Å²) in [6, 6.07) is 23.0. The Bertz CT molecular complexity index is 1170. The second-order valence-electron chi connectivity index (χ2n) is 6.71. The van der Waals surface area contributed by atoms with E-state index in [-0.39, 0.29) is 11.9 Å². The molecule has 0 unspecified atom stereocenters. The molecule has 4 aromatic rings. The summed E-state index contributed by atoms with van der Waals surface area (Å²) in [6.07, 6.45) is 0. The second-order valence-corrected chi connectivity index (χ2v) is 7.62. The summed E-state index contributed by atoms with van der Waals surface area (Å²) in [6.45, 7) is 2.04. The molecular weight excluding hydrogens is 444 g/mol. The van der Waals surface area contributed by atoms with Gasteiger partial charge in [-0.25, -0.2) is 4.68 Å². The van der Waals surface area contributed by atoms with Crippen molar-refractivity contribution in [2.45, 2.75) is 6.92 Å². The van der Waals surface area contributed by atoms with E-state index in [9.17, 15) is 4.79 Å². The molecule has 7 heteroatoms. The maximum absolute atomic E-state index is 12.4. The maximum atomic E-state index is 12.4. The maximum Gasteiger partial charge on any atom is 0.336 e. The van der Waals surface area contributed by atoms with Gasteiger partial charge in [0.1, 0.15) is 0 Å². The van der Waals surface area contributed by atoms with E-state index in [4.69, 9.17) is 4.74 Å². The average Bonchev–Trinajstić information content (AvgIpc) is 3.20. The predicted molar refractivity (Wildman–Crippen MR) is 120 cm³/mol. The lowest BCUT2D eigenvalue weighted by molar-refractivity contribution is 0.102. The third-order valence-electron chi connectivity index (χ3n) is 4.56. The fraction of sp³-hybridized carbons (Fsp3) is 0.0870. The van der Waals surface area contributed by atoms with Gasteiger partial charge in [-0.15, -0.1) is 5.10 Å². The molecule has 1 amide bonds. The van der Waals surface area contributed by atoms with Crippen LogP contribution in [0.3, 0.4) is 0 Å². The Morgan fingerprint density at radius 3 is 2.27 bits per heavy atom. The van der Waals surface area contributed by atoms with Crippen LogP contribution in [0.1, 0.15) is 15.9 Å². The van der Waals surface area contributed by atoms with Gasteiger partial charge in [0.15, 0.2) is 5.82 Å². The highest BCUT2D eigenvalue weighted by molar-refractivity contribution is 9.10. The minimum absolute atomic E-state index is 0.169. The van der Waals surface area contributed by atoms with Crippen LogP contribution < -0.4 is 10.1 Å². The molecular formula is C23H19BrN4O2. The molecule has 0 fully saturated rings. The van der Waals surface area contributed by atoms with Crippen LogP contribution in [0.5, 0.6) is 6.01 Å². The molecule has 0 aliphatic rings. The number of nitrogens with one attached hydrogen (secondary N) is 1. The molecule has 0 radical (unpaired) electrons. The van der Waals surface area contributed by atoms with Crippen molar-refractivity contribution in [2.75, 3.05) is 12.4 Å². The van der Waals surface area contributed by atoms with E-state index in [2.05, 4.69) is 31.3 Å². The summed E-state index contributed by atoms with van der Waals surface area (Å²) in [7, 11) is 1.54. The van der Waals surface area contributed by atoms with Gasteiger partial charge in [-0.05, 0) is 55.5 Å². The number of carbonyl (C=O) groups excluding carboxylic acids is 1. The van der Waals surface area contributed by atoms with E-state index in [1.807, 2.05) is 67.6 Å². The van der Waals surface area contributed by atoms with Crippen LogP contribution in [0.25, 0.3) is 17.1 Å². The number of halogens is 1. The molecule has 0 atom stereocenters. The van der Waals surface area contributed by atoms with E-state index in [0.29, 0.717) is 17.1 Å². The summed E-state index contributed by atoms with van der Waals surface area (Å²) >= 11 is 3.37. The van der Waals surface area contributed by atoms with E-state index in [0.717, 1.165) is 15.7 Å². The molecule has 0 saturated carbocycles. The summed E-state index contributed by atoms with van der Waals surface area (Å²) in [4.78, 5) is 16.9. The standard InChI is InChI=1S/C23H19BrN4O2/c1-15-3-5-16(6-4-15)21-26-23(30-2)27-28(21)20-13-11-19(12-14-20)25-22(29)17-7-9-18(24)10-8-17/h3-14H,1-2H3,(H,25,29). The number of amides is 1. The third kappa shape index (κ3) is 4.26. The summed E-state index contributed by atoms with van der Waals surface area (Å²) < 4.78 is 7.89. The molecule has 1 heterocycles. The Kier molecular flexibility index (Phi) is 5.63.